The molecule has 0 aromatic carbocycles. The zero-order valence-electron chi connectivity index (χ0n) is 11.7. The Morgan fingerprint density at radius 1 is 1.50 bits per heavy atom. The maximum atomic E-state index is 5.93. The zero-order valence-corrected chi connectivity index (χ0v) is 11.7. The molecule has 3 rings (SSSR count). The Morgan fingerprint density at radius 2 is 2.28 bits per heavy atom. The van der Waals surface area contributed by atoms with Gasteiger partial charge in [0.2, 0.25) is 0 Å². The average molecular weight is 249 g/mol. The van der Waals surface area contributed by atoms with Crippen molar-refractivity contribution in [1.82, 2.24) is 9.78 Å². The SMILES string of the molecule is Cc1nn(C)cc1NC1C2CCCOC2C1(C)C. The minimum absolute atomic E-state index is 0.216. The van der Waals surface area contributed by atoms with Crippen LogP contribution < -0.4 is 5.32 Å². The summed E-state index contributed by atoms with van der Waals surface area (Å²) in [6.07, 6.45) is 4.98. The predicted octanol–water partition coefficient (Wildman–Crippen LogP) is 2.34. The van der Waals surface area contributed by atoms with Gasteiger partial charge in [0.1, 0.15) is 0 Å². The third kappa shape index (κ3) is 1.66. The van der Waals surface area contributed by atoms with Crippen LogP contribution in [0.4, 0.5) is 5.69 Å². The third-order valence-electron chi connectivity index (χ3n) is 4.66. The Morgan fingerprint density at radius 3 is 2.94 bits per heavy atom. The van der Waals surface area contributed by atoms with E-state index in [1.54, 1.807) is 0 Å². The average Bonchev–Trinajstić information content (AvgIpc) is 2.65. The minimum atomic E-state index is 0.216. The molecule has 0 amide bonds. The topological polar surface area (TPSA) is 39.1 Å². The zero-order chi connectivity index (χ0) is 12.9. The van der Waals surface area contributed by atoms with E-state index >= 15 is 0 Å². The summed E-state index contributed by atoms with van der Waals surface area (Å²) >= 11 is 0. The maximum absolute atomic E-state index is 5.93. The van der Waals surface area contributed by atoms with E-state index in [1.165, 1.54) is 18.5 Å². The largest absolute Gasteiger partial charge is 0.379 e. The lowest BCUT2D eigenvalue weighted by Gasteiger charge is -2.60. The van der Waals surface area contributed by atoms with E-state index in [2.05, 4.69) is 37.4 Å². The van der Waals surface area contributed by atoms with E-state index in [4.69, 9.17) is 4.74 Å². The number of hydrogen-bond acceptors (Lipinski definition) is 3. The van der Waals surface area contributed by atoms with Crippen LogP contribution in [0.15, 0.2) is 6.20 Å². The summed E-state index contributed by atoms with van der Waals surface area (Å²) in [5, 5.41) is 8.09. The van der Waals surface area contributed by atoms with Gasteiger partial charge >= 0.3 is 0 Å². The van der Waals surface area contributed by atoms with Crippen LogP contribution in [0.25, 0.3) is 0 Å². The number of fused-ring (bicyclic) bond motifs is 1. The second kappa shape index (κ2) is 3.98. The Labute approximate surface area is 109 Å². The van der Waals surface area contributed by atoms with E-state index in [-0.39, 0.29) is 5.41 Å². The fraction of sp³-hybridized carbons (Fsp3) is 0.786. The van der Waals surface area contributed by atoms with E-state index in [0.717, 1.165) is 12.3 Å². The molecule has 1 aromatic heterocycles. The second-order valence-electron chi connectivity index (χ2n) is 6.34. The standard InChI is InChI=1S/C14H23N3O/c1-9-11(8-17(4)16-9)15-12-10-6-5-7-18-13(10)14(12,2)3/h8,10,12-13,15H,5-7H2,1-4H3. The van der Waals surface area contributed by atoms with Crippen molar-refractivity contribution in [3.05, 3.63) is 11.9 Å². The number of nitrogens with one attached hydrogen (secondary N) is 1. The summed E-state index contributed by atoms with van der Waals surface area (Å²) in [6, 6.07) is 0.505. The van der Waals surface area contributed by atoms with Crippen LogP contribution >= 0.6 is 0 Å². The molecule has 1 saturated heterocycles. The molecular weight excluding hydrogens is 226 g/mol. The summed E-state index contributed by atoms with van der Waals surface area (Å²) in [7, 11) is 1.97. The lowest BCUT2D eigenvalue weighted by molar-refractivity contribution is -0.177. The van der Waals surface area contributed by atoms with E-state index < -0.39 is 0 Å². The Bertz CT molecular complexity index is 452. The molecule has 18 heavy (non-hydrogen) atoms. The monoisotopic (exact) mass is 249 g/mol. The molecule has 2 fully saturated rings. The number of hydrogen-bond donors (Lipinski definition) is 1. The molecule has 2 aliphatic rings. The fourth-order valence-corrected chi connectivity index (χ4v) is 3.72. The number of anilines is 1. The van der Waals surface area contributed by atoms with Crippen LogP contribution in [-0.2, 0) is 11.8 Å². The van der Waals surface area contributed by atoms with Crippen LogP contribution in [-0.4, -0.2) is 28.5 Å². The molecule has 1 aromatic rings. The molecule has 2 heterocycles. The molecule has 1 aliphatic heterocycles. The van der Waals surface area contributed by atoms with E-state index in [9.17, 15) is 0 Å². The van der Waals surface area contributed by atoms with Crippen molar-refractivity contribution in [2.75, 3.05) is 11.9 Å². The summed E-state index contributed by atoms with van der Waals surface area (Å²) in [6.45, 7) is 7.61. The lowest BCUT2D eigenvalue weighted by atomic mass is 9.55. The van der Waals surface area contributed by atoms with Crippen LogP contribution in [0.2, 0.25) is 0 Å². The van der Waals surface area contributed by atoms with Crippen molar-refractivity contribution in [3.63, 3.8) is 0 Å². The van der Waals surface area contributed by atoms with Gasteiger partial charge in [0, 0.05) is 37.2 Å². The van der Waals surface area contributed by atoms with Crippen LogP contribution in [0.5, 0.6) is 0 Å². The van der Waals surface area contributed by atoms with Gasteiger partial charge in [-0.05, 0) is 19.8 Å². The highest BCUT2D eigenvalue weighted by molar-refractivity contribution is 5.48. The van der Waals surface area contributed by atoms with Gasteiger partial charge in [0.25, 0.3) is 0 Å². The van der Waals surface area contributed by atoms with Gasteiger partial charge in [0.05, 0.1) is 17.5 Å². The molecule has 0 spiro atoms. The van der Waals surface area contributed by atoms with Gasteiger partial charge in [-0.25, -0.2) is 0 Å². The van der Waals surface area contributed by atoms with Gasteiger partial charge in [0.15, 0.2) is 0 Å². The molecule has 3 unspecified atom stereocenters. The van der Waals surface area contributed by atoms with Crippen molar-refractivity contribution < 1.29 is 4.74 Å². The quantitative estimate of drug-likeness (QED) is 0.874. The molecule has 1 N–H and O–H groups in total. The first-order valence-electron chi connectivity index (χ1n) is 6.88. The Balaban J connectivity index is 1.78. The molecule has 0 bridgehead atoms. The number of aromatic nitrogens is 2. The van der Waals surface area contributed by atoms with Crippen molar-refractivity contribution in [2.24, 2.45) is 18.4 Å². The molecule has 4 heteroatoms. The van der Waals surface area contributed by atoms with Crippen LogP contribution in [0.3, 0.4) is 0 Å². The highest BCUT2D eigenvalue weighted by Crippen LogP contribution is 2.52. The molecule has 1 aliphatic carbocycles. The summed E-state index contributed by atoms with van der Waals surface area (Å²) in [5.41, 5.74) is 2.46. The normalized spacial score (nSPS) is 33.7. The predicted molar refractivity (Wildman–Crippen MR) is 71.6 cm³/mol. The first kappa shape index (κ1) is 12.0. The van der Waals surface area contributed by atoms with Gasteiger partial charge < -0.3 is 10.1 Å². The fourth-order valence-electron chi connectivity index (χ4n) is 3.72. The highest BCUT2D eigenvalue weighted by Gasteiger charge is 2.58. The molecule has 100 valence electrons. The number of rotatable bonds is 2. The van der Waals surface area contributed by atoms with Gasteiger partial charge in [-0.1, -0.05) is 13.8 Å². The molecule has 0 radical (unpaired) electrons. The van der Waals surface area contributed by atoms with E-state index in [1.807, 2.05) is 11.7 Å². The van der Waals surface area contributed by atoms with Crippen molar-refractivity contribution >= 4 is 5.69 Å². The van der Waals surface area contributed by atoms with Crippen LogP contribution in [0.1, 0.15) is 32.4 Å². The van der Waals surface area contributed by atoms with Crippen molar-refractivity contribution in [3.8, 4) is 0 Å². The second-order valence-corrected chi connectivity index (χ2v) is 6.34. The van der Waals surface area contributed by atoms with Crippen molar-refractivity contribution in [1.29, 1.82) is 0 Å². The highest BCUT2D eigenvalue weighted by atomic mass is 16.5. The third-order valence-corrected chi connectivity index (χ3v) is 4.66. The smallest absolute Gasteiger partial charge is 0.0825 e. The van der Waals surface area contributed by atoms with Gasteiger partial charge in [-0.2, -0.15) is 5.10 Å². The Kier molecular flexibility index (Phi) is 2.66. The lowest BCUT2D eigenvalue weighted by Crippen LogP contribution is -2.67. The molecular formula is C14H23N3O. The number of aryl methyl sites for hydroxylation is 2. The van der Waals surface area contributed by atoms with Gasteiger partial charge in [-0.15, -0.1) is 0 Å². The first-order chi connectivity index (χ1) is 8.50. The molecule has 3 atom stereocenters. The first-order valence-corrected chi connectivity index (χ1v) is 6.88. The molecule has 4 nitrogen and oxygen atoms in total. The molecule has 1 saturated carbocycles. The minimum Gasteiger partial charge on any atom is -0.379 e. The van der Waals surface area contributed by atoms with Crippen LogP contribution in [0, 0.1) is 18.3 Å². The Hall–Kier alpha value is -1.03. The van der Waals surface area contributed by atoms with Crippen molar-refractivity contribution in [2.45, 2.75) is 45.8 Å². The van der Waals surface area contributed by atoms with E-state index in [0.29, 0.717) is 18.1 Å². The van der Waals surface area contributed by atoms with Gasteiger partial charge in [-0.3, -0.25) is 4.68 Å². The summed E-state index contributed by atoms with van der Waals surface area (Å²) in [4.78, 5) is 0. The summed E-state index contributed by atoms with van der Waals surface area (Å²) < 4.78 is 7.81. The maximum Gasteiger partial charge on any atom is 0.0825 e. The number of ether oxygens (including phenoxy) is 1. The summed E-state index contributed by atoms with van der Waals surface area (Å²) in [5.74, 6) is 0.661. The number of nitrogens with zero attached hydrogens (tertiary/aromatic N) is 2.